The van der Waals surface area contributed by atoms with Gasteiger partial charge in [-0.2, -0.15) is 0 Å². The molecule has 0 aromatic heterocycles. The molecule has 0 bridgehead atoms. The van der Waals surface area contributed by atoms with Crippen LogP contribution in [-0.2, 0) is 4.79 Å². The van der Waals surface area contributed by atoms with E-state index in [0.29, 0.717) is 0 Å². The maximum atomic E-state index is 10.3. The van der Waals surface area contributed by atoms with E-state index in [4.69, 9.17) is 13.6 Å². The quantitative estimate of drug-likeness (QED) is 0.552. The first-order valence-electron chi connectivity index (χ1n) is 3.05. The third-order valence-corrected chi connectivity index (χ3v) is 1.39. The molecule has 0 aliphatic rings. The second-order valence-electron chi connectivity index (χ2n) is 2.65. The summed E-state index contributed by atoms with van der Waals surface area (Å²) >= 11 is 0. The third-order valence-electron chi connectivity index (χ3n) is 1.39. The molecular formula is C6H12BNO. The molecule has 2 radical (unpaired) electrons. The molecule has 0 fully saturated rings. The van der Waals surface area contributed by atoms with Gasteiger partial charge < -0.3 is 5.73 Å². The summed E-state index contributed by atoms with van der Waals surface area (Å²) in [6, 6.07) is 0. The highest BCUT2D eigenvalue weighted by atomic mass is 16.1. The fraction of sp³-hybridized carbons (Fsp3) is 0.833. The van der Waals surface area contributed by atoms with Gasteiger partial charge in [-0.1, -0.05) is 25.6 Å². The normalized spacial score (nSPS) is 16.7. The van der Waals surface area contributed by atoms with E-state index >= 15 is 0 Å². The zero-order valence-electron chi connectivity index (χ0n) is 5.98. The summed E-state index contributed by atoms with van der Waals surface area (Å²) < 4.78 is 0. The highest BCUT2D eigenvalue weighted by Gasteiger charge is 2.16. The molecule has 0 aromatic carbocycles. The van der Waals surface area contributed by atoms with E-state index in [1.165, 1.54) is 0 Å². The van der Waals surface area contributed by atoms with Crippen molar-refractivity contribution < 1.29 is 4.79 Å². The fourth-order valence-electron chi connectivity index (χ4n) is 0.523. The molecule has 0 rings (SSSR count). The molecular weight excluding hydrogens is 113 g/mol. The molecule has 0 saturated carbocycles. The van der Waals surface area contributed by atoms with Gasteiger partial charge in [0, 0.05) is 6.42 Å². The Morgan fingerprint density at radius 3 is 2.33 bits per heavy atom. The molecule has 1 atom stereocenters. The topological polar surface area (TPSA) is 43.1 Å². The molecule has 9 heavy (non-hydrogen) atoms. The number of rotatable bonds is 3. The van der Waals surface area contributed by atoms with E-state index in [1.54, 1.807) is 0 Å². The number of hydrogen-bond donors (Lipinski definition) is 1. The molecule has 1 amide bonds. The van der Waals surface area contributed by atoms with Crippen LogP contribution < -0.4 is 5.73 Å². The zero-order valence-corrected chi connectivity index (χ0v) is 5.98. The Labute approximate surface area is 57.2 Å². The van der Waals surface area contributed by atoms with E-state index in [9.17, 15) is 4.79 Å². The monoisotopic (exact) mass is 125 g/mol. The summed E-state index contributed by atoms with van der Waals surface area (Å²) in [6.45, 7) is 3.75. The van der Waals surface area contributed by atoms with Gasteiger partial charge in [-0.3, -0.25) is 4.79 Å². The maximum Gasteiger partial charge on any atom is 0.217 e. The van der Waals surface area contributed by atoms with Crippen LogP contribution in [0.4, 0.5) is 0 Å². The number of carbonyl (C=O) groups is 1. The van der Waals surface area contributed by atoms with Crippen LogP contribution >= 0.6 is 0 Å². The Bertz CT molecular complexity index is 112. The van der Waals surface area contributed by atoms with Gasteiger partial charge in [-0.25, -0.2) is 0 Å². The van der Waals surface area contributed by atoms with Crippen LogP contribution in [0.25, 0.3) is 0 Å². The number of carbonyl (C=O) groups excluding carboxylic acids is 1. The van der Waals surface area contributed by atoms with E-state index < -0.39 is 5.31 Å². The van der Waals surface area contributed by atoms with Gasteiger partial charge in [0.15, 0.2) is 0 Å². The van der Waals surface area contributed by atoms with Gasteiger partial charge in [0.05, 0.1) is 7.85 Å². The van der Waals surface area contributed by atoms with Crippen molar-refractivity contribution in [1.29, 1.82) is 0 Å². The first kappa shape index (κ1) is 8.53. The van der Waals surface area contributed by atoms with Gasteiger partial charge in [0.2, 0.25) is 5.91 Å². The smallest absolute Gasteiger partial charge is 0.217 e. The van der Waals surface area contributed by atoms with Crippen LogP contribution in [0, 0.1) is 0 Å². The van der Waals surface area contributed by atoms with Gasteiger partial charge >= 0.3 is 0 Å². The number of hydrogen-bond acceptors (Lipinski definition) is 1. The highest BCUT2D eigenvalue weighted by Crippen LogP contribution is 2.28. The molecule has 0 aliphatic carbocycles. The van der Waals surface area contributed by atoms with Gasteiger partial charge in [0.25, 0.3) is 0 Å². The Morgan fingerprint density at radius 2 is 2.22 bits per heavy atom. The van der Waals surface area contributed by atoms with Crippen molar-refractivity contribution in [2.24, 2.45) is 5.73 Å². The maximum absolute atomic E-state index is 10.3. The minimum absolute atomic E-state index is 0.267. The van der Waals surface area contributed by atoms with Gasteiger partial charge in [-0.15, -0.1) is 0 Å². The van der Waals surface area contributed by atoms with E-state index in [2.05, 4.69) is 0 Å². The van der Waals surface area contributed by atoms with Crippen molar-refractivity contribution in [3.8, 4) is 0 Å². The highest BCUT2D eigenvalue weighted by molar-refractivity contribution is 6.16. The first-order valence-corrected chi connectivity index (χ1v) is 3.05. The lowest BCUT2D eigenvalue weighted by Crippen LogP contribution is -2.19. The minimum atomic E-state index is -0.411. The van der Waals surface area contributed by atoms with Crippen LogP contribution in [0.2, 0.25) is 5.31 Å². The largest absolute Gasteiger partial charge is 0.370 e. The summed E-state index contributed by atoms with van der Waals surface area (Å²) in [6.07, 6.45) is 1.04. The van der Waals surface area contributed by atoms with Crippen molar-refractivity contribution in [2.45, 2.75) is 32.0 Å². The fourth-order valence-corrected chi connectivity index (χ4v) is 0.523. The summed E-state index contributed by atoms with van der Waals surface area (Å²) in [5.41, 5.74) is 4.94. The van der Waals surface area contributed by atoms with Crippen LogP contribution in [0.1, 0.15) is 26.7 Å². The second kappa shape index (κ2) is 2.90. The second-order valence-corrected chi connectivity index (χ2v) is 2.65. The first-order chi connectivity index (χ1) is 3.98. The SMILES string of the molecule is [B]C(C)(CC)CC(N)=O. The average molecular weight is 125 g/mol. The Kier molecular flexibility index (Phi) is 2.75. The van der Waals surface area contributed by atoms with Crippen LogP contribution in [0.3, 0.4) is 0 Å². The van der Waals surface area contributed by atoms with Crippen molar-refractivity contribution in [3.63, 3.8) is 0 Å². The molecule has 2 N–H and O–H groups in total. The van der Waals surface area contributed by atoms with Gasteiger partial charge in [-0.05, 0) is 0 Å². The van der Waals surface area contributed by atoms with Crippen molar-refractivity contribution in [3.05, 3.63) is 0 Å². The zero-order chi connectivity index (χ0) is 7.49. The number of amides is 1. The molecule has 1 unspecified atom stereocenters. The molecule has 3 heteroatoms. The standard InChI is InChI=1S/C6H12BNO/c1-3-6(2,7)4-5(8)9/h3-4H2,1-2H3,(H2,8,9). The van der Waals surface area contributed by atoms with Crippen LogP contribution in [0.5, 0.6) is 0 Å². The van der Waals surface area contributed by atoms with Crippen molar-refractivity contribution >= 4 is 13.8 Å². The Hall–Kier alpha value is -0.465. The molecule has 0 spiro atoms. The summed E-state index contributed by atoms with van der Waals surface area (Å²) in [5.74, 6) is -0.332. The Morgan fingerprint density at radius 1 is 1.78 bits per heavy atom. The van der Waals surface area contributed by atoms with Gasteiger partial charge in [0.1, 0.15) is 0 Å². The average Bonchev–Trinajstić information content (AvgIpc) is 1.63. The van der Waals surface area contributed by atoms with Crippen LogP contribution in [-0.4, -0.2) is 13.8 Å². The van der Waals surface area contributed by atoms with E-state index in [0.717, 1.165) is 6.42 Å². The molecule has 0 aliphatic heterocycles. The number of primary amides is 1. The predicted octanol–water partition coefficient (Wildman–Crippen LogP) is 0.619. The lowest BCUT2D eigenvalue weighted by Gasteiger charge is -2.19. The van der Waals surface area contributed by atoms with Crippen molar-refractivity contribution in [2.75, 3.05) is 0 Å². The van der Waals surface area contributed by atoms with Crippen molar-refractivity contribution in [1.82, 2.24) is 0 Å². The molecule has 0 heterocycles. The van der Waals surface area contributed by atoms with E-state index in [-0.39, 0.29) is 12.3 Å². The number of nitrogens with two attached hydrogens (primary N) is 1. The predicted molar refractivity (Wildman–Crippen MR) is 38.2 cm³/mol. The molecule has 0 saturated heterocycles. The third kappa shape index (κ3) is 4.07. The summed E-state index contributed by atoms with van der Waals surface area (Å²) in [5, 5.41) is -0.411. The van der Waals surface area contributed by atoms with Crippen LogP contribution in [0.15, 0.2) is 0 Å². The lowest BCUT2D eigenvalue weighted by molar-refractivity contribution is -0.118. The molecule has 50 valence electrons. The molecule has 0 aromatic rings. The lowest BCUT2D eigenvalue weighted by atomic mass is 9.66. The minimum Gasteiger partial charge on any atom is -0.370 e. The summed E-state index contributed by atoms with van der Waals surface area (Å²) in [7, 11) is 5.62. The molecule has 2 nitrogen and oxygen atoms in total. The van der Waals surface area contributed by atoms with E-state index in [1.807, 2.05) is 13.8 Å². The summed E-state index contributed by atoms with van der Waals surface area (Å²) in [4.78, 5) is 10.3. The Balaban J connectivity index is 3.71.